The first-order valence-electron chi connectivity index (χ1n) is 6.66. The number of hydrogen-bond acceptors (Lipinski definition) is 2. The summed E-state index contributed by atoms with van der Waals surface area (Å²) in [4.78, 5) is 0. The van der Waals surface area contributed by atoms with Crippen LogP contribution in [0.3, 0.4) is 0 Å². The fraction of sp³-hybridized carbons (Fsp3) is 0.600. The second-order valence-electron chi connectivity index (χ2n) is 5.06. The number of hydrogen-bond donors (Lipinski definition) is 1. The number of benzene rings is 1. The van der Waals surface area contributed by atoms with Crippen molar-refractivity contribution in [2.24, 2.45) is 5.92 Å². The molecule has 1 aromatic carbocycles. The maximum atomic E-state index is 9.41. The lowest BCUT2D eigenvalue weighted by Gasteiger charge is -2.21. The lowest BCUT2D eigenvalue weighted by atomic mass is 9.90. The lowest BCUT2D eigenvalue weighted by molar-refractivity contribution is 0.198. The maximum absolute atomic E-state index is 9.41. The second-order valence-corrected chi connectivity index (χ2v) is 5.06. The topological polar surface area (TPSA) is 29.5 Å². The molecule has 0 unspecified atom stereocenters. The van der Waals surface area contributed by atoms with Gasteiger partial charge in [-0.2, -0.15) is 0 Å². The Bertz CT molecular complexity index is 323. The summed E-state index contributed by atoms with van der Waals surface area (Å²) in [5, 5.41) is 9.41. The van der Waals surface area contributed by atoms with Gasteiger partial charge in [0.15, 0.2) is 0 Å². The van der Waals surface area contributed by atoms with Gasteiger partial charge in [0.1, 0.15) is 5.75 Å². The van der Waals surface area contributed by atoms with Crippen LogP contribution in [0.25, 0.3) is 0 Å². The molecule has 1 aromatic rings. The zero-order valence-corrected chi connectivity index (χ0v) is 10.6. The number of aliphatic hydroxyl groups excluding tert-OH is 1. The van der Waals surface area contributed by atoms with E-state index < -0.39 is 6.10 Å². The Morgan fingerprint density at radius 3 is 2.41 bits per heavy atom. The van der Waals surface area contributed by atoms with E-state index in [-0.39, 0.29) is 0 Å². The molecule has 94 valence electrons. The van der Waals surface area contributed by atoms with E-state index in [0.29, 0.717) is 0 Å². The van der Waals surface area contributed by atoms with Crippen molar-refractivity contribution in [2.45, 2.75) is 45.1 Å². The summed E-state index contributed by atoms with van der Waals surface area (Å²) in [6.45, 7) is 2.62. The van der Waals surface area contributed by atoms with E-state index in [4.69, 9.17) is 4.74 Å². The van der Waals surface area contributed by atoms with Gasteiger partial charge >= 0.3 is 0 Å². The van der Waals surface area contributed by atoms with Crippen LogP contribution in [-0.2, 0) is 0 Å². The zero-order chi connectivity index (χ0) is 12.1. The molecule has 1 N–H and O–H groups in total. The highest BCUT2D eigenvalue weighted by Crippen LogP contribution is 2.25. The van der Waals surface area contributed by atoms with Gasteiger partial charge < -0.3 is 9.84 Å². The summed E-state index contributed by atoms with van der Waals surface area (Å²) in [7, 11) is 0. The number of ether oxygens (including phenoxy) is 1. The van der Waals surface area contributed by atoms with Gasteiger partial charge in [0, 0.05) is 0 Å². The van der Waals surface area contributed by atoms with Crippen LogP contribution in [0.4, 0.5) is 0 Å². The molecule has 1 fully saturated rings. The molecule has 0 spiro atoms. The number of aliphatic hydroxyl groups is 1. The summed E-state index contributed by atoms with van der Waals surface area (Å²) in [6.07, 6.45) is 6.32. The molecule has 1 saturated carbocycles. The van der Waals surface area contributed by atoms with Gasteiger partial charge in [-0.1, -0.05) is 31.4 Å². The van der Waals surface area contributed by atoms with Crippen LogP contribution < -0.4 is 4.74 Å². The van der Waals surface area contributed by atoms with Crippen molar-refractivity contribution < 1.29 is 9.84 Å². The highest BCUT2D eigenvalue weighted by Gasteiger charge is 2.13. The largest absolute Gasteiger partial charge is 0.493 e. The van der Waals surface area contributed by atoms with Crippen LogP contribution in [0.1, 0.15) is 50.7 Å². The van der Waals surface area contributed by atoms with Gasteiger partial charge in [-0.15, -0.1) is 0 Å². The van der Waals surface area contributed by atoms with Crippen LogP contribution in [0.2, 0.25) is 0 Å². The van der Waals surface area contributed by atoms with E-state index in [2.05, 4.69) is 0 Å². The van der Waals surface area contributed by atoms with Crippen molar-refractivity contribution in [1.29, 1.82) is 0 Å². The van der Waals surface area contributed by atoms with Crippen molar-refractivity contribution in [3.63, 3.8) is 0 Å². The van der Waals surface area contributed by atoms with Crippen molar-refractivity contribution >= 4 is 0 Å². The average molecular weight is 234 g/mol. The standard InChI is InChI=1S/C15H22O2/c1-12(16)14-7-9-15(10-8-14)17-11-13-5-3-2-4-6-13/h7-10,12-13,16H,2-6,11H2,1H3/t12-/m1/s1. The zero-order valence-electron chi connectivity index (χ0n) is 10.6. The smallest absolute Gasteiger partial charge is 0.119 e. The van der Waals surface area contributed by atoms with E-state index in [1.807, 2.05) is 24.3 Å². The van der Waals surface area contributed by atoms with Gasteiger partial charge in [0.25, 0.3) is 0 Å². The molecular weight excluding hydrogens is 212 g/mol. The molecule has 1 aliphatic rings. The molecule has 0 aromatic heterocycles. The predicted molar refractivity (Wildman–Crippen MR) is 69.1 cm³/mol. The first-order chi connectivity index (χ1) is 8.25. The van der Waals surface area contributed by atoms with Crippen molar-refractivity contribution in [3.05, 3.63) is 29.8 Å². The van der Waals surface area contributed by atoms with Crippen LogP contribution >= 0.6 is 0 Å². The van der Waals surface area contributed by atoms with E-state index >= 15 is 0 Å². The first kappa shape index (κ1) is 12.4. The van der Waals surface area contributed by atoms with Gasteiger partial charge in [-0.25, -0.2) is 0 Å². The third-order valence-electron chi connectivity index (χ3n) is 3.57. The minimum atomic E-state index is -0.401. The molecule has 0 aliphatic heterocycles. The summed E-state index contributed by atoms with van der Waals surface area (Å²) >= 11 is 0. The molecule has 2 rings (SSSR count). The van der Waals surface area contributed by atoms with Gasteiger partial charge in [0.2, 0.25) is 0 Å². The molecule has 0 bridgehead atoms. The third-order valence-corrected chi connectivity index (χ3v) is 3.57. The Balaban J connectivity index is 1.82. The van der Waals surface area contributed by atoms with Crippen molar-refractivity contribution in [1.82, 2.24) is 0 Å². The monoisotopic (exact) mass is 234 g/mol. The summed E-state index contributed by atoms with van der Waals surface area (Å²) in [5.41, 5.74) is 0.940. The Labute approximate surface area is 104 Å². The van der Waals surface area contributed by atoms with Gasteiger partial charge in [0.05, 0.1) is 12.7 Å². The molecule has 2 nitrogen and oxygen atoms in total. The second kappa shape index (κ2) is 6.06. The van der Waals surface area contributed by atoms with Crippen LogP contribution in [0.15, 0.2) is 24.3 Å². The molecule has 0 heterocycles. The highest BCUT2D eigenvalue weighted by molar-refractivity contribution is 5.28. The molecule has 1 aliphatic carbocycles. The average Bonchev–Trinajstić information content (AvgIpc) is 2.38. The number of rotatable bonds is 4. The fourth-order valence-corrected chi connectivity index (χ4v) is 2.41. The Morgan fingerprint density at radius 2 is 1.82 bits per heavy atom. The molecule has 0 saturated heterocycles. The predicted octanol–water partition coefficient (Wildman–Crippen LogP) is 3.70. The molecule has 17 heavy (non-hydrogen) atoms. The van der Waals surface area contributed by atoms with Crippen molar-refractivity contribution in [3.8, 4) is 5.75 Å². The molecule has 1 atom stereocenters. The van der Waals surface area contributed by atoms with Gasteiger partial charge in [-0.3, -0.25) is 0 Å². The van der Waals surface area contributed by atoms with E-state index in [1.54, 1.807) is 6.92 Å². The third kappa shape index (κ3) is 3.74. The summed E-state index contributed by atoms with van der Waals surface area (Å²) < 4.78 is 5.80. The van der Waals surface area contributed by atoms with E-state index in [0.717, 1.165) is 23.8 Å². The van der Waals surface area contributed by atoms with E-state index in [1.165, 1.54) is 32.1 Å². The fourth-order valence-electron chi connectivity index (χ4n) is 2.41. The summed E-state index contributed by atoms with van der Waals surface area (Å²) in [6, 6.07) is 7.76. The van der Waals surface area contributed by atoms with Crippen LogP contribution in [0.5, 0.6) is 5.75 Å². The minimum absolute atomic E-state index is 0.401. The highest BCUT2D eigenvalue weighted by atomic mass is 16.5. The maximum Gasteiger partial charge on any atom is 0.119 e. The lowest BCUT2D eigenvalue weighted by Crippen LogP contribution is -2.15. The Hall–Kier alpha value is -1.02. The summed E-state index contributed by atoms with van der Waals surface area (Å²) in [5.74, 6) is 1.65. The molecule has 0 radical (unpaired) electrons. The molecule has 0 amide bonds. The SMILES string of the molecule is C[C@@H](O)c1ccc(OCC2CCCCC2)cc1. The van der Waals surface area contributed by atoms with Crippen LogP contribution in [-0.4, -0.2) is 11.7 Å². The quantitative estimate of drug-likeness (QED) is 0.860. The minimum Gasteiger partial charge on any atom is -0.493 e. The molecule has 2 heteroatoms. The first-order valence-corrected chi connectivity index (χ1v) is 6.66. The molecular formula is C15H22O2. The van der Waals surface area contributed by atoms with Crippen LogP contribution in [0, 0.1) is 5.92 Å². The van der Waals surface area contributed by atoms with Crippen molar-refractivity contribution in [2.75, 3.05) is 6.61 Å². The Morgan fingerprint density at radius 1 is 1.18 bits per heavy atom. The Kier molecular flexibility index (Phi) is 4.43. The van der Waals surface area contributed by atoms with Gasteiger partial charge in [-0.05, 0) is 43.4 Å². The van der Waals surface area contributed by atoms with E-state index in [9.17, 15) is 5.11 Å². The normalized spacial score (nSPS) is 18.9.